The van der Waals surface area contributed by atoms with E-state index in [1.807, 2.05) is 11.4 Å². The van der Waals surface area contributed by atoms with E-state index in [0.717, 1.165) is 5.92 Å². The summed E-state index contributed by atoms with van der Waals surface area (Å²) in [6.45, 7) is 0. The van der Waals surface area contributed by atoms with E-state index in [1.165, 1.54) is 32.1 Å². The van der Waals surface area contributed by atoms with Crippen LogP contribution in [0.2, 0.25) is 0 Å². The SMILES string of the molecule is S=[PH](S)SC12CCC(CC1)C2. The zero-order chi connectivity index (χ0) is 7.90. The molecule has 1 unspecified atom stereocenters. The van der Waals surface area contributed by atoms with Crippen molar-refractivity contribution >= 4 is 40.5 Å². The van der Waals surface area contributed by atoms with Gasteiger partial charge in [-0.25, -0.2) is 0 Å². The zero-order valence-electron chi connectivity index (χ0n) is 6.38. The van der Waals surface area contributed by atoms with E-state index < -0.39 is 5.10 Å². The summed E-state index contributed by atoms with van der Waals surface area (Å²) in [6, 6.07) is 0. The molecule has 11 heavy (non-hydrogen) atoms. The molecule has 2 aliphatic carbocycles. The standard InChI is InChI=1S/C7H13PS3/c9-8(10)11-7-3-1-6(5-7)2-4-7/h6,8H,1-5H2,(H,9,10). The molecule has 0 aromatic heterocycles. The minimum absolute atomic E-state index is 0.614. The molecule has 1 atom stereocenters. The van der Waals surface area contributed by atoms with Crippen molar-refractivity contribution in [2.45, 2.75) is 36.9 Å². The van der Waals surface area contributed by atoms with Crippen molar-refractivity contribution in [3.8, 4) is 0 Å². The molecule has 0 spiro atoms. The van der Waals surface area contributed by atoms with Crippen LogP contribution in [0.15, 0.2) is 0 Å². The average Bonchev–Trinajstić information content (AvgIpc) is 2.43. The first-order valence-electron chi connectivity index (χ1n) is 4.12. The second kappa shape index (κ2) is 3.25. The maximum atomic E-state index is 5.20. The molecule has 2 aliphatic rings. The monoisotopic (exact) mass is 224 g/mol. The lowest BCUT2D eigenvalue weighted by atomic mass is 10.0. The van der Waals surface area contributed by atoms with Gasteiger partial charge in [0.15, 0.2) is 0 Å². The second-order valence-corrected chi connectivity index (χ2v) is 12.3. The molecule has 4 heteroatoms. The molecule has 0 heterocycles. The molecule has 0 aliphatic heterocycles. The summed E-state index contributed by atoms with van der Waals surface area (Å²) in [5.74, 6) is 1.05. The minimum Gasteiger partial charge on any atom is -0.134 e. The molecule has 0 amide bonds. The molecule has 0 aromatic rings. The fourth-order valence-electron chi connectivity index (χ4n) is 2.47. The predicted octanol–water partition coefficient (Wildman–Crippen LogP) is 3.49. The van der Waals surface area contributed by atoms with Crippen LogP contribution < -0.4 is 0 Å². The number of rotatable bonds is 2. The summed E-state index contributed by atoms with van der Waals surface area (Å²) in [7, 11) is 0. The topological polar surface area (TPSA) is 0 Å². The van der Waals surface area contributed by atoms with Crippen LogP contribution in [0.5, 0.6) is 0 Å². The number of hydrogen-bond acceptors (Lipinski definition) is 2. The fourth-order valence-corrected chi connectivity index (χ4v) is 8.90. The van der Waals surface area contributed by atoms with Crippen molar-refractivity contribution in [3.05, 3.63) is 0 Å². The Morgan fingerprint density at radius 3 is 2.45 bits per heavy atom. The Kier molecular flexibility index (Phi) is 2.64. The van der Waals surface area contributed by atoms with Crippen LogP contribution in [0.4, 0.5) is 0 Å². The molecule has 0 aromatic carbocycles. The summed E-state index contributed by atoms with van der Waals surface area (Å²) in [4.78, 5) is 0. The fraction of sp³-hybridized carbons (Fsp3) is 1.00. The molecular formula is C7H13PS3. The Bertz CT molecular complexity index is 184. The van der Waals surface area contributed by atoms with Crippen molar-refractivity contribution in [1.82, 2.24) is 0 Å². The third kappa shape index (κ3) is 1.82. The van der Waals surface area contributed by atoms with Gasteiger partial charge >= 0.3 is 0 Å². The molecule has 0 N–H and O–H groups in total. The van der Waals surface area contributed by atoms with Crippen molar-refractivity contribution in [2.24, 2.45) is 5.92 Å². The van der Waals surface area contributed by atoms with E-state index in [1.54, 1.807) is 0 Å². The number of hydrogen-bond donors (Lipinski definition) is 1. The summed E-state index contributed by atoms with van der Waals surface area (Å²) in [5.41, 5.74) is 0. The highest BCUT2D eigenvalue weighted by atomic mass is 33.2. The highest BCUT2D eigenvalue weighted by Crippen LogP contribution is 2.63. The van der Waals surface area contributed by atoms with E-state index in [-0.39, 0.29) is 0 Å². The lowest BCUT2D eigenvalue weighted by Gasteiger charge is -2.24. The highest BCUT2D eigenvalue weighted by molar-refractivity contribution is 8.90. The molecule has 0 nitrogen and oxygen atoms in total. The molecule has 2 fully saturated rings. The van der Waals surface area contributed by atoms with Crippen LogP contribution >= 0.6 is 28.7 Å². The molecule has 0 saturated heterocycles. The van der Waals surface area contributed by atoms with Crippen molar-refractivity contribution < 1.29 is 0 Å². The van der Waals surface area contributed by atoms with Gasteiger partial charge in [0, 0.05) is 9.85 Å². The summed E-state index contributed by atoms with van der Waals surface area (Å²) in [6.07, 6.45) is 7.22. The van der Waals surface area contributed by atoms with E-state index in [9.17, 15) is 0 Å². The van der Waals surface area contributed by atoms with Crippen LogP contribution in [-0.4, -0.2) is 4.75 Å². The third-order valence-corrected chi connectivity index (χ3v) is 7.56. The van der Waals surface area contributed by atoms with E-state index in [4.69, 9.17) is 11.8 Å². The van der Waals surface area contributed by atoms with Crippen LogP contribution in [-0.2, 0) is 11.8 Å². The Morgan fingerprint density at radius 2 is 2.09 bits per heavy atom. The maximum absolute atomic E-state index is 5.20. The largest absolute Gasteiger partial charge is 0.134 e. The molecule has 2 rings (SSSR count). The van der Waals surface area contributed by atoms with E-state index in [2.05, 4.69) is 12.2 Å². The minimum atomic E-state index is -0.766. The quantitative estimate of drug-likeness (QED) is 0.563. The Labute approximate surface area is 83.2 Å². The maximum Gasteiger partial charge on any atom is 0.0428 e. The van der Waals surface area contributed by atoms with Gasteiger partial charge in [-0.1, -0.05) is 11.8 Å². The van der Waals surface area contributed by atoms with Crippen molar-refractivity contribution in [3.63, 3.8) is 0 Å². The Hall–Kier alpha value is 1.35. The van der Waals surface area contributed by atoms with Gasteiger partial charge in [0.05, 0.1) is 0 Å². The lowest BCUT2D eigenvalue weighted by Crippen LogP contribution is -2.14. The second-order valence-electron chi connectivity index (χ2n) is 3.70. The first kappa shape index (κ1) is 8.93. The first-order valence-corrected chi connectivity index (χ1v) is 9.58. The highest BCUT2D eigenvalue weighted by Gasteiger charge is 2.45. The van der Waals surface area contributed by atoms with Gasteiger partial charge in [0.2, 0.25) is 0 Å². The van der Waals surface area contributed by atoms with Crippen molar-refractivity contribution in [2.75, 3.05) is 0 Å². The molecule has 2 bridgehead atoms. The van der Waals surface area contributed by atoms with Gasteiger partial charge in [0.25, 0.3) is 0 Å². The summed E-state index contributed by atoms with van der Waals surface area (Å²) >= 11 is 11.6. The molecule has 64 valence electrons. The van der Waals surface area contributed by atoms with Crippen LogP contribution in [0.25, 0.3) is 0 Å². The number of thiol groups is 1. The van der Waals surface area contributed by atoms with Gasteiger partial charge in [-0.2, -0.15) is 0 Å². The van der Waals surface area contributed by atoms with Crippen LogP contribution in [0, 0.1) is 5.92 Å². The van der Waals surface area contributed by atoms with Gasteiger partial charge in [-0.3, -0.25) is 0 Å². The summed E-state index contributed by atoms with van der Waals surface area (Å²) < 4.78 is 0.614. The number of fused-ring (bicyclic) bond motifs is 2. The third-order valence-electron chi connectivity index (χ3n) is 2.98. The van der Waals surface area contributed by atoms with Crippen LogP contribution in [0.3, 0.4) is 0 Å². The summed E-state index contributed by atoms with van der Waals surface area (Å²) in [5, 5.41) is -0.766. The van der Waals surface area contributed by atoms with E-state index >= 15 is 0 Å². The first-order chi connectivity index (χ1) is 5.20. The smallest absolute Gasteiger partial charge is 0.0428 e. The van der Waals surface area contributed by atoms with Gasteiger partial charge in [0.1, 0.15) is 0 Å². The normalized spacial score (nSPS) is 44.6. The molecule has 2 saturated carbocycles. The van der Waals surface area contributed by atoms with Gasteiger partial charge < -0.3 is 0 Å². The van der Waals surface area contributed by atoms with Crippen molar-refractivity contribution in [1.29, 1.82) is 0 Å². The van der Waals surface area contributed by atoms with Gasteiger partial charge in [-0.15, -0.1) is 23.6 Å². The predicted molar refractivity (Wildman–Crippen MR) is 61.6 cm³/mol. The lowest BCUT2D eigenvalue weighted by molar-refractivity contribution is 0.501. The van der Waals surface area contributed by atoms with Crippen LogP contribution in [0.1, 0.15) is 32.1 Å². The molecular weight excluding hydrogens is 211 g/mol. The average molecular weight is 224 g/mol. The van der Waals surface area contributed by atoms with E-state index in [0.29, 0.717) is 4.75 Å². The zero-order valence-corrected chi connectivity index (χ0v) is 9.90. The van der Waals surface area contributed by atoms with Gasteiger partial charge in [-0.05, 0) is 38.0 Å². The Morgan fingerprint density at radius 1 is 1.45 bits per heavy atom. The molecule has 0 radical (unpaired) electrons. The Balaban J connectivity index is 2.05.